The molecule has 0 aliphatic heterocycles. The van der Waals surface area contributed by atoms with Gasteiger partial charge in [-0.25, -0.2) is 4.98 Å². The van der Waals surface area contributed by atoms with Crippen LogP contribution in [0.4, 0.5) is 17.6 Å². The summed E-state index contributed by atoms with van der Waals surface area (Å²) in [5.74, 6) is -2.30. The molecule has 25 heavy (non-hydrogen) atoms. The van der Waals surface area contributed by atoms with Crippen molar-refractivity contribution >= 4 is 11.6 Å². The van der Waals surface area contributed by atoms with Crippen LogP contribution in [0.15, 0.2) is 42.7 Å². The van der Waals surface area contributed by atoms with E-state index in [1.54, 1.807) is 18.3 Å². The SMILES string of the molecule is Cc1ccn2c(F)c(C(=O)NC(c3ccccn3)C(F)(F)F)nc2c1. The summed E-state index contributed by atoms with van der Waals surface area (Å²) >= 11 is 0. The fraction of sp³-hybridized carbons (Fsp3) is 0.188. The van der Waals surface area contributed by atoms with Crippen LogP contribution in [-0.4, -0.2) is 26.5 Å². The van der Waals surface area contributed by atoms with E-state index < -0.39 is 35.5 Å². The number of hydrogen-bond acceptors (Lipinski definition) is 3. The third-order valence-electron chi connectivity index (χ3n) is 3.52. The summed E-state index contributed by atoms with van der Waals surface area (Å²) in [4.78, 5) is 19.6. The molecule has 3 rings (SSSR count). The summed E-state index contributed by atoms with van der Waals surface area (Å²) in [5.41, 5.74) is -0.214. The highest BCUT2D eigenvalue weighted by atomic mass is 19.4. The van der Waals surface area contributed by atoms with Crippen LogP contribution >= 0.6 is 0 Å². The van der Waals surface area contributed by atoms with Crippen molar-refractivity contribution in [3.63, 3.8) is 0 Å². The van der Waals surface area contributed by atoms with Crippen molar-refractivity contribution in [2.45, 2.75) is 19.1 Å². The summed E-state index contributed by atoms with van der Waals surface area (Å²) in [6.07, 6.45) is -2.27. The van der Waals surface area contributed by atoms with Crippen molar-refractivity contribution in [2.75, 3.05) is 0 Å². The number of amides is 1. The minimum Gasteiger partial charge on any atom is -0.334 e. The van der Waals surface area contributed by atoms with Gasteiger partial charge in [-0.05, 0) is 36.8 Å². The maximum absolute atomic E-state index is 14.3. The van der Waals surface area contributed by atoms with Gasteiger partial charge in [-0.1, -0.05) is 6.07 Å². The van der Waals surface area contributed by atoms with Crippen LogP contribution in [0.25, 0.3) is 5.65 Å². The minimum atomic E-state index is -4.80. The zero-order chi connectivity index (χ0) is 18.2. The third kappa shape index (κ3) is 3.30. The smallest absolute Gasteiger partial charge is 0.334 e. The van der Waals surface area contributed by atoms with E-state index in [1.165, 1.54) is 30.6 Å². The predicted molar refractivity (Wildman–Crippen MR) is 80.4 cm³/mol. The zero-order valence-corrected chi connectivity index (χ0v) is 12.9. The third-order valence-corrected chi connectivity index (χ3v) is 3.52. The number of fused-ring (bicyclic) bond motifs is 1. The number of nitrogens with zero attached hydrogens (tertiary/aromatic N) is 3. The number of halogens is 4. The second kappa shape index (κ2) is 6.15. The molecule has 5 nitrogen and oxygen atoms in total. The molecule has 3 heterocycles. The van der Waals surface area contributed by atoms with Crippen LogP contribution in [0.5, 0.6) is 0 Å². The van der Waals surface area contributed by atoms with Gasteiger partial charge in [-0.2, -0.15) is 17.6 Å². The zero-order valence-electron chi connectivity index (χ0n) is 12.9. The fourth-order valence-electron chi connectivity index (χ4n) is 2.33. The molecule has 1 amide bonds. The Hall–Kier alpha value is -2.97. The molecule has 0 aliphatic carbocycles. The van der Waals surface area contributed by atoms with Crippen LogP contribution in [0.1, 0.15) is 27.8 Å². The standard InChI is InChI=1S/C16H12F4N4O/c1-9-5-7-24-11(8-9)22-12(14(24)17)15(25)23-13(16(18,19)20)10-4-2-3-6-21-10/h2-8,13H,1H3,(H,23,25). The first-order valence-electron chi connectivity index (χ1n) is 7.20. The first kappa shape index (κ1) is 16.9. The maximum atomic E-state index is 14.3. The van der Waals surface area contributed by atoms with E-state index in [0.717, 1.165) is 16.0 Å². The summed E-state index contributed by atoms with van der Waals surface area (Å²) in [6.45, 7) is 1.74. The molecule has 0 aliphatic rings. The number of carbonyl (C=O) groups excluding carboxylic acids is 1. The lowest BCUT2D eigenvalue weighted by Gasteiger charge is -2.20. The number of nitrogens with one attached hydrogen (secondary N) is 1. The van der Waals surface area contributed by atoms with Crippen LogP contribution in [0.3, 0.4) is 0 Å². The van der Waals surface area contributed by atoms with Gasteiger partial charge in [0.05, 0.1) is 5.69 Å². The first-order valence-corrected chi connectivity index (χ1v) is 7.20. The molecule has 3 aromatic heterocycles. The topological polar surface area (TPSA) is 59.3 Å². The van der Waals surface area contributed by atoms with Gasteiger partial charge in [0.1, 0.15) is 5.65 Å². The van der Waals surface area contributed by atoms with Gasteiger partial charge >= 0.3 is 6.18 Å². The number of aryl methyl sites for hydroxylation is 1. The second-order valence-electron chi connectivity index (χ2n) is 5.39. The number of hydrogen-bond donors (Lipinski definition) is 1. The van der Waals surface area contributed by atoms with E-state index >= 15 is 0 Å². The number of rotatable bonds is 3. The van der Waals surface area contributed by atoms with Gasteiger partial charge in [-0.15, -0.1) is 0 Å². The van der Waals surface area contributed by atoms with E-state index in [1.807, 2.05) is 0 Å². The van der Waals surface area contributed by atoms with Crippen molar-refractivity contribution in [3.05, 3.63) is 65.6 Å². The number of pyridine rings is 2. The molecule has 0 saturated carbocycles. The van der Waals surface area contributed by atoms with E-state index in [0.29, 0.717) is 0 Å². The quantitative estimate of drug-likeness (QED) is 0.737. The molecular formula is C16H12F4N4O. The molecule has 9 heteroatoms. The summed E-state index contributed by atoms with van der Waals surface area (Å²) in [7, 11) is 0. The van der Waals surface area contributed by atoms with Gasteiger partial charge in [-0.3, -0.25) is 14.2 Å². The van der Waals surface area contributed by atoms with Gasteiger partial charge in [0.25, 0.3) is 5.91 Å². The van der Waals surface area contributed by atoms with Gasteiger partial charge in [0.15, 0.2) is 11.7 Å². The van der Waals surface area contributed by atoms with Crippen molar-refractivity contribution in [1.82, 2.24) is 19.7 Å². The first-order chi connectivity index (χ1) is 11.8. The monoisotopic (exact) mass is 352 g/mol. The average Bonchev–Trinajstić information content (AvgIpc) is 2.88. The Balaban J connectivity index is 1.96. The Morgan fingerprint density at radius 2 is 2.04 bits per heavy atom. The molecule has 130 valence electrons. The fourth-order valence-corrected chi connectivity index (χ4v) is 2.33. The summed E-state index contributed by atoms with van der Waals surface area (Å²) in [5, 5.41) is 1.76. The number of carbonyl (C=O) groups is 1. The number of imidazole rings is 1. The lowest BCUT2D eigenvalue weighted by atomic mass is 10.1. The van der Waals surface area contributed by atoms with E-state index in [9.17, 15) is 22.4 Å². The average molecular weight is 352 g/mol. The van der Waals surface area contributed by atoms with Gasteiger partial charge in [0.2, 0.25) is 5.95 Å². The Labute approximate surface area is 139 Å². The summed E-state index contributed by atoms with van der Waals surface area (Å²) < 4.78 is 55.1. The molecule has 0 radical (unpaired) electrons. The highest BCUT2D eigenvalue weighted by Gasteiger charge is 2.43. The Morgan fingerprint density at radius 3 is 2.68 bits per heavy atom. The van der Waals surface area contributed by atoms with Crippen molar-refractivity contribution in [2.24, 2.45) is 0 Å². The summed E-state index contributed by atoms with van der Waals surface area (Å²) in [6, 6.07) is 4.67. The molecule has 0 fully saturated rings. The molecule has 0 bridgehead atoms. The Morgan fingerprint density at radius 1 is 1.28 bits per heavy atom. The highest BCUT2D eigenvalue weighted by Crippen LogP contribution is 2.31. The van der Waals surface area contributed by atoms with Crippen LogP contribution < -0.4 is 5.32 Å². The molecule has 3 aromatic rings. The molecule has 1 N–H and O–H groups in total. The molecular weight excluding hydrogens is 340 g/mol. The van der Waals surface area contributed by atoms with Gasteiger partial charge < -0.3 is 5.32 Å². The largest absolute Gasteiger partial charge is 0.414 e. The number of aromatic nitrogens is 3. The normalized spacial score (nSPS) is 13.0. The minimum absolute atomic E-state index is 0.129. The van der Waals surface area contributed by atoms with Crippen LogP contribution in [0, 0.1) is 12.9 Å². The van der Waals surface area contributed by atoms with Crippen LogP contribution in [0.2, 0.25) is 0 Å². The number of alkyl halides is 3. The Kier molecular flexibility index (Phi) is 4.15. The maximum Gasteiger partial charge on any atom is 0.414 e. The van der Waals surface area contributed by atoms with E-state index in [2.05, 4.69) is 9.97 Å². The lowest BCUT2D eigenvalue weighted by Crippen LogP contribution is -2.39. The molecule has 1 atom stereocenters. The van der Waals surface area contributed by atoms with Gasteiger partial charge in [0, 0.05) is 12.4 Å². The molecule has 0 aromatic carbocycles. The molecule has 0 saturated heterocycles. The van der Waals surface area contributed by atoms with Crippen molar-refractivity contribution in [3.8, 4) is 0 Å². The predicted octanol–water partition coefficient (Wildman–Crippen LogP) is 3.21. The Bertz CT molecular complexity index is 921. The van der Waals surface area contributed by atoms with Crippen molar-refractivity contribution in [1.29, 1.82) is 0 Å². The van der Waals surface area contributed by atoms with E-state index in [4.69, 9.17) is 0 Å². The van der Waals surface area contributed by atoms with Crippen molar-refractivity contribution < 1.29 is 22.4 Å². The van der Waals surface area contributed by atoms with Crippen LogP contribution in [-0.2, 0) is 0 Å². The van der Waals surface area contributed by atoms with E-state index in [-0.39, 0.29) is 5.65 Å². The molecule has 0 spiro atoms. The highest BCUT2D eigenvalue weighted by molar-refractivity contribution is 5.93. The second-order valence-corrected chi connectivity index (χ2v) is 5.39. The lowest BCUT2D eigenvalue weighted by molar-refractivity contribution is -0.156. The molecule has 1 unspecified atom stereocenters.